The predicted molar refractivity (Wildman–Crippen MR) is 25.8 cm³/mol. The molecule has 0 amide bonds. The van der Waals surface area contributed by atoms with E-state index in [4.69, 9.17) is 0 Å². The van der Waals surface area contributed by atoms with Crippen molar-refractivity contribution in [3.63, 3.8) is 0 Å². The van der Waals surface area contributed by atoms with Crippen LogP contribution in [-0.4, -0.2) is 30.5 Å². The summed E-state index contributed by atoms with van der Waals surface area (Å²) in [4.78, 5) is 0. The molecule has 0 aromatic carbocycles. The second-order valence-electron chi connectivity index (χ2n) is 0.500. The molecule has 4 heteroatoms. The Morgan fingerprint density at radius 3 is 0.833 bits per heavy atom. The van der Waals surface area contributed by atoms with Crippen molar-refractivity contribution >= 4 is 0 Å². The molecular weight excluding hydrogens is 86.0 g/mol. The maximum atomic E-state index is 2.75. The summed E-state index contributed by atoms with van der Waals surface area (Å²) in [6.07, 6.45) is 0. The molecule has 0 aliphatic rings. The highest BCUT2D eigenvalue weighted by Crippen LogP contribution is 0.981. The molecule has 0 spiro atoms. The van der Waals surface area contributed by atoms with Crippen LogP contribution in [0.1, 0.15) is 0 Å². The summed E-state index contributed by atoms with van der Waals surface area (Å²) in [5.74, 6) is 0. The molecule has 0 fully saturated rings. The summed E-state index contributed by atoms with van der Waals surface area (Å²) in [7, 11) is 3.75. The van der Waals surface area contributed by atoms with Gasteiger partial charge in [0.1, 0.15) is 0 Å². The zero-order valence-electron chi connectivity index (χ0n) is 4.00. The van der Waals surface area contributed by atoms with Crippen LogP contribution >= 0.6 is 0 Å². The van der Waals surface area contributed by atoms with Gasteiger partial charge in [0.2, 0.25) is 0 Å². The van der Waals surface area contributed by atoms with Crippen LogP contribution in [0.5, 0.6) is 0 Å². The number of rotatable bonds is 0. The predicted octanol–water partition coefficient (Wildman–Crippen LogP) is -2.64. The molecule has 44 valence electrons. The molecule has 0 aliphatic heterocycles. The highest BCUT2D eigenvalue weighted by atomic mass is 16.0. The normalized spacial score (nSPS) is 3.00. The standard InChI is InChI=1S/C2H7N.3H2O/c1-3-2;;;/h3H,1-2H3;3*1H2. The second-order valence-corrected chi connectivity index (χ2v) is 0.500. The SMILES string of the molecule is CNC.O.O.O. The van der Waals surface area contributed by atoms with E-state index in [1.807, 2.05) is 14.1 Å². The molecular formula is C2H13NO3. The van der Waals surface area contributed by atoms with Crippen molar-refractivity contribution in [3.8, 4) is 0 Å². The van der Waals surface area contributed by atoms with Crippen molar-refractivity contribution in [2.45, 2.75) is 0 Å². The average molecular weight is 99.1 g/mol. The highest BCUT2D eigenvalue weighted by Gasteiger charge is 1.25. The average Bonchev–Trinajstić information content (AvgIpc) is 0.918. The molecule has 0 atom stereocenters. The van der Waals surface area contributed by atoms with Crippen LogP contribution in [0.3, 0.4) is 0 Å². The number of nitrogens with one attached hydrogen (secondary N) is 1. The van der Waals surface area contributed by atoms with Crippen LogP contribution in [0, 0.1) is 0 Å². The van der Waals surface area contributed by atoms with Crippen molar-refractivity contribution in [1.82, 2.24) is 5.32 Å². The van der Waals surface area contributed by atoms with Crippen LogP contribution in [0.2, 0.25) is 0 Å². The van der Waals surface area contributed by atoms with Crippen molar-refractivity contribution in [1.29, 1.82) is 0 Å². The zero-order chi connectivity index (χ0) is 2.71. The van der Waals surface area contributed by atoms with Gasteiger partial charge in [-0.25, -0.2) is 0 Å². The van der Waals surface area contributed by atoms with Crippen LogP contribution in [0.15, 0.2) is 0 Å². The molecule has 0 saturated heterocycles. The lowest BCUT2D eigenvalue weighted by Gasteiger charge is -1.59. The molecule has 0 aliphatic carbocycles. The van der Waals surface area contributed by atoms with E-state index in [1.54, 1.807) is 0 Å². The van der Waals surface area contributed by atoms with Gasteiger partial charge in [-0.3, -0.25) is 0 Å². The summed E-state index contributed by atoms with van der Waals surface area (Å²) < 4.78 is 0. The first kappa shape index (κ1) is 40.4. The van der Waals surface area contributed by atoms with E-state index in [2.05, 4.69) is 5.32 Å². The maximum absolute atomic E-state index is 2.75. The Morgan fingerprint density at radius 1 is 0.833 bits per heavy atom. The topological polar surface area (TPSA) is 107 Å². The van der Waals surface area contributed by atoms with E-state index in [-0.39, 0.29) is 16.4 Å². The second kappa shape index (κ2) is 101. The molecule has 7 N–H and O–H groups in total. The lowest BCUT2D eigenvalue weighted by molar-refractivity contribution is 0.823. The Labute approximate surface area is 37.1 Å². The van der Waals surface area contributed by atoms with Gasteiger partial charge in [0.05, 0.1) is 0 Å². The number of hydrogen-bond acceptors (Lipinski definition) is 1. The van der Waals surface area contributed by atoms with Crippen molar-refractivity contribution in [3.05, 3.63) is 0 Å². The fourth-order valence-corrected chi connectivity index (χ4v) is 0. The monoisotopic (exact) mass is 99.1 g/mol. The van der Waals surface area contributed by atoms with Gasteiger partial charge in [-0.15, -0.1) is 0 Å². The Morgan fingerprint density at radius 2 is 0.833 bits per heavy atom. The molecule has 0 radical (unpaired) electrons. The molecule has 0 aromatic rings. The Balaban J connectivity index is -0.00000000667. The van der Waals surface area contributed by atoms with Gasteiger partial charge in [0.15, 0.2) is 0 Å². The first-order chi connectivity index (χ1) is 1.41. The van der Waals surface area contributed by atoms with Gasteiger partial charge in [-0.2, -0.15) is 0 Å². The van der Waals surface area contributed by atoms with E-state index in [0.29, 0.717) is 0 Å². The first-order valence-corrected chi connectivity index (χ1v) is 1.00. The summed E-state index contributed by atoms with van der Waals surface area (Å²) in [6, 6.07) is 0. The van der Waals surface area contributed by atoms with E-state index in [9.17, 15) is 0 Å². The minimum absolute atomic E-state index is 0. The van der Waals surface area contributed by atoms with Crippen LogP contribution < -0.4 is 5.32 Å². The van der Waals surface area contributed by atoms with E-state index in [0.717, 1.165) is 0 Å². The smallest absolute Gasteiger partial charge is 0.0167 e. The third kappa shape index (κ3) is 1210. The lowest BCUT2D eigenvalue weighted by Crippen LogP contribution is -1.89. The molecule has 0 saturated carbocycles. The molecule has 0 bridgehead atoms. The Bertz CT molecular complexity index is 8.75. The van der Waals surface area contributed by atoms with Gasteiger partial charge in [0.25, 0.3) is 0 Å². The third-order valence-corrected chi connectivity index (χ3v) is 0. The fraction of sp³-hybridized carbons (Fsp3) is 1.00. The summed E-state index contributed by atoms with van der Waals surface area (Å²) in [6.45, 7) is 0. The first-order valence-electron chi connectivity index (χ1n) is 1.00. The molecule has 6 heavy (non-hydrogen) atoms. The lowest BCUT2D eigenvalue weighted by atomic mass is 11.3. The Kier molecular flexibility index (Phi) is 681. The fourth-order valence-electron chi connectivity index (χ4n) is 0. The summed E-state index contributed by atoms with van der Waals surface area (Å²) >= 11 is 0. The zero-order valence-corrected chi connectivity index (χ0v) is 4.00. The van der Waals surface area contributed by atoms with Gasteiger partial charge < -0.3 is 21.7 Å². The Hall–Kier alpha value is -0.160. The van der Waals surface area contributed by atoms with Gasteiger partial charge in [-0.1, -0.05) is 0 Å². The quantitative estimate of drug-likeness (QED) is 0.352. The van der Waals surface area contributed by atoms with Crippen LogP contribution in [0.4, 0.5) is 0 Å². The van der Waals surface area contributed by atoms with Gasteiger partial charge >= 0.3 is 0 Å². The van der Waals surface area contributed by atoms with Crippen molar-refractivity contribution < 1.29 is 16.4 Å². The highest BCUT2D eigenvalue weighted by molar-refractivity contribution is 3.91. The van der Waals surface area contributed by atoms with E-state index >= 15 is 0 Å². The summed E-state index contributed by atoms with van der Waals surface area (Å²) in [5.41, 5.74) is 0. The molecule has 0 aromatic heterocycles. The van der Waals surface area contributed by atoms with E-state index in [1.165, 1.54) is 0 Å². The summed E-state index contributed by atoms with van der Waals surface area (Å²) in [5, 5.41) is 2.75. The number of hydrogen-bond donors (Lipinski definition) is 1. The minimum Gasteiger partial charge on any atom is -0.412 e. The minimum atomic E-state index is 0. The van der Waals surface area contributed by atoms with Gasteiger partial charge in [-0.05, 0) is 14.1 Å². The van der Waals surface area contributed by atoms with Crippen LogP contribution in [0.25, 0.3) is 0 Å². The molecule has 0 rings (SSSR count). The van der Waals surface area contributed by atoms with Crippen molar-refractivity contribution in [2.75, 3.05) is 14.1 Å². The van der Waals surface area contributed by atoms with E-state index < -0.39 is 0 Å². The van der Waals surface area contributed by atoms with Crippen molar-refractivity contribution in [2.24, 2.45) is 0 Å². The maximum Gasteiger partial charge on any atom is -0.0167 e. The molecule has 0 heterocycles. The molecule has 4 nitrogen and oxygen atoms in total. The van der Waals surface area contributed by atoms with Gasteiger partial charge in [0, 0.05) is 0 Å². The van der Waals surface area contributed by atoms with Crippen LogP contribution in [-0.2, 0) is 0 Å². The largest absolute Gasteiger partial charge is 0.412 e. The molecule has 0 unspecified atom stereocenters. The third-order valence-electron chi connectivity index (χ3n) is 0.